The highest BCUT2D eigenvalue weighted by atomic mass is 15.2. The Bertz CT molecular complexity index is 753. The van der Waals surface area contributed by atoms with Gasteiger partial charge in [-0.25, -0.2) is 4.98 Å². The number of rotatable bonds is 4. The first kappa shape index (κ1) is 13.0. The molecular weight excluding hydrogens is 262 g/mol. The van der Waals surface area contributed by atoms with Gasteiger partial charge >= 0.3 is 0 Å². The molecule has 0 bridgehead atoms. The molecule has 0 amide bonds. The molecule has 0 unspecified atom stereocenters. The van der Waals surface area contributed by atoms with Gasteiger partial charge in [-0.05, 0) is 36.2 Å². The summed E-state index contributed by atoms with van der Waals surface area (Å²) in [6.45, 7) is 0. The van der Waals surface area contributed by atoms with E-state index in [0.29, 0.717) is 11.4 Å². The van der Waals surface area contributed by atoms with Crippen LogP contribution in [0.25, 0.3) is 11.5 Å². The highest BCUT2D eigenvalue weighted by Crippen LogP contribution is 2.11. The fraction of sp³-hybridized carbons (Fsp3) is 0.125. The highest BCUT2D eigenvalue weighted by Gasteiger charge is 2.06. The van der Waals surface area contributed by atoms with Crippen molar-refractivity contribution in [1.82, 2.24) is 20.2 Å². The SMILES string of the molecule is N#Cc1ccc(CCc2nc(-c3ccccn3)n[nH]2)cc1. The van der Waals surface area contributed by atoms with E-state index in [-0.39, 0.29) is 0 Å². The van der Waals surface area contributed by atoms with Crippen LogP contribution >= 0.6 is 0 Å². The Morgan fingerprint density at radius 3 is 2.62 bits per heavy atom. The largest absolute Gasteiger partial charge is 0.263 e. The predicted molar refractivity (Wildman–Crippen MR) is 78.2 cm³/mol. The van der Waals surface area contributed by atoms with Crippen LogP contribution in [0.4, 0.5) is 0 Å². The van der Waals surface area contributed by atoms with Gasteiger partial charge < -0.3 is 0 Å². The second-order valence-electron chi connectivity index (χ2n) is 4.63. The fourth-order valence-electron chi connectivity index (χ4n) is 2.03. The molecule has 0 saturated carbocycles. The number of nitriles is 1. The first-order valence-corrected chi connectivity index (χ1v) is 6.67. The zero-order valence-corrected chi connectivity index (χ0v) is 11.3. The van der Waals surface area contributed by atoms with Crippen molar-refractivity contribution in [3.05, 3.63) is 65.6 Å². The molecule has 5 heteroatoms. The monoisotopic (exact) mass is 275 g/mol. The molecule has 3 rings (SSSR count). The van der Waals surface area contributed by atoms with Gasteiger partial charge in [0.05, 0.1) is 11.6 Å². The Balaban J connectivity index is 1.66. The van der Waals surface area contributed by atoms with Crippen molar-refractivity contribution < 1.29 is 0 Å². The molecule has 0 saturated heterocycles. The molecule has 21 heavy (non-hydrogen) atoms. The Morgan fingerprint density at radius 1 is 1.05 bits per heavy atom. The number of aromatic amines is 1. The minimum absolute atomic E-state index is 0.616. The van der Waals surface area contributed by atoms with E-state index in [1.807, 2.05) is 42.5 Å². The van der Waals surface area contributed by atoms with E-state index < -0.39 is 0 Å². The molecule has 0 aliphatic rings. The zero-order chi connectivity index (χ0) is 14.5. The number of nitrogens with zero attached hydrogens (tertiary/aromatic N) is 4. The van der Waals surface area contributed by atoms with Gasteiger partial charge in [0.1, 0.15) is 11.5 Å². The molecule has 0 radical (unpaired) electrons. The van der Waals surface area contributed by atoms with Crippen molar-refractivity contribution in [3.63, 3.8) is 0 Å². The number of hydrogen-bond acceptors (Lipinski definition) is 4. The summed E-state index contributed by atoms with van der Waals surface area (Å²) in [4.78, 5) is 8.67. The van der Waals surface area contributed by atoms with E-state index >= 15 is 0 Å². The quantitative estimate of drug-likeness (QED) is 0.793. The van der Waals surface area contributed by atoms with E-state index in [0.717, 1.165) is 24.4 Å². The molecule has 102 valence electrons. The van der Waals surface area contributed by atoms with Crippen molar-refractivity contribution in [2.45, 2.75) is 12.8 Å². The van der Waals surface area contributed by atoms with Crippen LogP contribution in [0.15, 0.2) is 48.7 Å². The fourth-order valence-corrected chi connectivity index (χ4v) is 2.03. The Morgan fingerprint density at radius 2 is 1.90 bits per heavy atom. The average molecular weight is 275 g/mol. The second kappa shape index (κ2) is 5.97. The predicted octanol–water partition coefficient (Wildman–Crippen LogP) is 2.52. The van der Waals surface area contributed by atoms with E-state index in [4.69, 9.17) is 5.26 Å². The van der Waals surface area contributed by atoms with Crippen LogP contribution in [0.2, 0.25) is 0 Å². The van der Waals surface area contributed by atoms with Crippen molar-refractivity contribution in [2.24, 2.45) is 0 Å². The molecule has 0 fully saturated rings. The van der Waals surface area contributed by atoms with Crippen molar-refractivity contribution in [2.75, 3.05) is 0 Å². The molecule has 3 aromatic rings. The van der Waals surface area contributed by atoms with Crippen molar-refractivity contribution >= 4 is 0 Å². The summed E-state index contributed by atoms with van der Waals surface area (Å²) >= 11 is 0. The van der Waals surface area contributed by atoms with Gasteiger partial charge in [-0.2, -0.15) is 10.4 Å². The van der Waals surface area contributed by atoms with Gasteiger partial charge in [0.15, 0.2) is 5.82 Å². The normalized spacial score (nSPS) is 10.2. The maximum atomic E-state index is 8.77. The number of aromatic nitrogens is 4. The van der Waals surface area contributed by atoms with E-state index in [1.54, 1.807) is 6.20 Å². The van der Waals surface area contributed by atoms with Gasteiger partial charge in [-0.3, -0.25) is 10.1 Å². The Kier molecular flexibility index (Phi) is 3.70. The molecule has 1 aromatic carbocycles. The molecule has 0 aliphatic carbocycles. The lowest BCUT2D eigenvalue weighted by Gasteiger charge is -1.98. The van der Waals surface area contributed by atoms with Gasteiger partial charge in [-0.15, -0.1) is 0 Å². The van der Waals surface area contributed by atoms with Crippen LogP contribution in [-0.2, 0) is 12.8 Å². The Hall–Kier alpha value is -3.00. The molecule has 1 N–H and O–H groups in total. The lowest BCUT2D eigenvalue weighted by molar-refractivity contribution is 0.865. The smallest absolute Gasteiger partial charge is 0.199 e. The molecule has 2 heterocycles. The molecule has 0 spiro atoms. The molecule has 0 aliphatic heterocycles. The van der Waals surface area contributed by atoms with Crippen molar-refractivity contribution in [3.8, 4) is 17.6 Å². The maximum absolute atomic E-state index is 8.77. The summed E-state index contributed by atoms with van der Waals surface area (Å²) in [6.07, 6.45) is 3.34. The summed E-state index contributed by atoms with van der Waals surface area (Å²) in [5.74, 6) is 1.45. The first-order chi connectivity index (χ1) is 10.3. The van der Waals surface area contributed by atoms with E-state index in [2.05, 4.69) is 26.2 Å². The minimum Gasteiger partial charge on any atom is -0.263 e. The molecular formula is C16H13N5. The standard InChI is InChI=1S/C16H13N5/c17-11-13-6-4-12(5-7-13)8-9-15-19-16(21-20-15)14-3-1-2-10-18-14/h1-7,10H,8-9H2,(H,19,20,21). The molecule has 2 aromatic heterocycles. The third-order valence-corrected chi connectivity index (χ3v) is 3.16. The summed E-state index contributed by atoms with van der Waals surface area (Å²) < 4.78 is 0. The van der Waals surface area contributed by atoms with Crippen LogP contribution in [0.3, 0.4) is 0 Å². The zero-order valence-electron chi connectivity index (χ0n) is 11.3. The summed E-state index contributed by atoms with van der Waals surface area (Å²) in [5.41, 5.74) is 2.61. The van der Waals surface area contributed by atoms with Crippen LogP contribution in [0, 0.1) is 11.3 Å². The number of benzene rings is 1. The number of H-pyrrole nitrogens is 1. The third-order valence-electron chi connectivity index (χ3n) is 3.16. The highest BCUT2D eigenvalue weighted by molar-refractivity contribution is 5.47. The summed E-state index contributed by atoms with van der Waals surface area (Å²) in [6, 6.07) is 15.4. The maximum Gasteiger partial charge on any atom is 0.199 e. The van der Waals surface area contributed by atoms with E-state index in [9.17, 15) is 0 Å². The third kappa shape index (κ3) is 3.12. The molecule has 5 nitrogen and oxygen atoms in total. The van der Waals surface area contributed by atoms with E-state index in [1.165, 1.54) is 5.56 Å². The van der Waals surface area contributed by atoms with Crippen LogP contribution in [-0.4, -0.2) is 20.2 Å². The summed E-state index contributed by atoms with van der Waals surface area (Å²) in [7, 11) is 0. The first-order valence-electron chi connectivity index (χ1n) is 6.67. The number of pyridine rings is 1. The number of nitrogens with one attached hydrogen (secondary N) is 1. The minimum atomic E-state index is 0.616. The van der Waals surface area contributed by atoms with Gasteiger partial charge in [-0.1, -0.05) is 18.2 Å². The Labute approximate surface area is 122 Å². The second-order valence-corrected chi connectivity index (χ2v) is 4.63. The van der Waals surface area contributed by atoms with Crippen LogP contribution < -0.4 is 0 Å². The summed E-state index contributed by atoms with van der Waals surface area (Å²) in [5, 5.41) is 15.9. The number of hydrogen-bond donors (Lipinski definition) is 1. The number of aryl methyl sites for hydroxylation is 2. The van der Waals surface area contributed by atoms with Gasteiger partial charge in [0.2, 0.25) is 0 Å². The molecule has 0 atom stereocenters. The van der Waals surface area contributed by atoms with Gasteiger partial charge in [0.25, 0.3) is 0 Å². The van der Waals surface area contributed by atoms with Gasteiger partial charge in [0, 0.05) is 12.6 Å². The lowest BCUT2D eigenvalue weighted by atomic mass is 10.1. The average Bonchev–Trinajstić information content (AvgIpc) is 3.03. The van der Waals surface area contributed by atoms with Crippen LogP contribution in [0.1, 0.15) is 17.0 Å². The van der Waals surface area contributed by atoms with Crippen LogP contribution in [0.5, 0.6) is 0 Å². The topological polar surface area (TPSA) is 78.2 Å². The lowest BCUT2D eigenvalue weighted by Crippen LogP contribution is -1.94. The van der Waals surface area contributed by atoms with Crippen molar-refractivity contribution in [1.29, 1.82) is 5.26 Å².